The van der Waals surface area contributed by atoms with Crippen LogP contribution in [-0.2, 0) is 0 Å². The van der Waals surface area contributed by atoms with E-state index in [0.29, 0.717) is 4.77 Å². The maximum absolute atomic E-state index is 5.89. The van der Waals surface area contributed by atoms with Crippen LogP contribution < -0.4 is 0 Å². The predicted octanol–water partition coefficient (Wildman–Crippen LogP) is 3.31. The zero-order valence-corrected chi connectivity index (χ0v) is 9.57. The maximum atomic E-state index is 5.89. The number of nitrogens with zero attached hydrogens (tertiary/aromatic N) is 1. The van der Waals surface area contributed by atoms with Gasteiger partial charge in [-0.1, -0.05) is 0 Å². The molecule has 0 unspecified atom stereocenters. The van der Waals surface area contributed by atoms with Crippen molar-refractivity contribution in [3.05, 3.63) is 26.5 Å². The number of aromatic nitrogens is 2. The Morgan fingerprint density at radius 1 is 1.50 bits per heavy atom. The van der Waals surface area contributed by atoms with Crippen molar-refractivity contribution in [2.45, 2.75) is 0 Å². The SMILES string of the molecule is S=c1[nH]c2ccc(I)cc2n1Cl. The van der Waals surface area contributed by atoms with Gasteiger partial charge in [0, 0.05) is 15.3 Å². The molecule has 2 nitrogen and oxygen atoms in total. The van der Waals surface area contributed by atoms with Crippen LogP contribution in [0, 0.1) is 8.34 Å². The van der Waals surface area contributed by atoms with Gasteiger partial charge >= 0.3 is 0 Å². The molecule has 1 aromatic heterocycles. The summed E-state index contributed by atoms with van der Waals surface area (Å²) in [5.41, 5.74) is 1.89. The summed E-state index contributed by atoms with van der Waals surface area (Å²) in [6, 6.07) is 5.95. The summed E-state index contributed by atoms with van der Waals surface area (Å²) in [5, 5.41) is 0. The van der Waals surface area contributed by atoms with E-state index in [9.17, 15) is 0 Å². The molecule has 2 rings (SSSR count). The summed E-state index contributed by atoms with van der Waals surface area (Å²) < 4.78 is 3.13. The van der Waals surface area contributed by atoms with Gasteiger partial charge in [0.25, 0.3) is 0 Å². The van der Waals surface area contributed by atoms with Crippen LogP contribution in [0.1, 0.15) is 0 Å². The van der Waals surface area contributed by atoms with Crippen molar-refractivity contribution in [2.75, 3.05) is 0 Å². The Kier molecular flexibility index (Phi) is 2.14. The Balaban J connectivity index is 2.98. The number of aromatic amines is 1. The summed E-state index contributed by atoms with van der Waals surface area (Å²) >= 11 is 13.1. The first kappa shape index (κ1) is 8.52. The third-order valence-corrected chi connectivity index (χ3v) is 3.00. The molecular formula is C7H4ClIN2S. The molecular weight excluding hydrogens is 307 g/mol. The monoisotopic (exact) mass is 310 g/mol. The second-order valence-electron chi connectivity index (χ2n) is 2.37. The first-order valence-corrected chi connectivity index (χ1v) is 5.07. The summed E-state index contributed by atoms with van der Waals surface area (Å²) in [4.78, 5) is 3.00. The molecule has 62 valence electrons. The van der Waals surface area contributed by atoms with Crippen LogP contribution in [0.2, 0.25) is 0 Å². The fourth-order valence-electron chi connectivity index (χ4n) is 1.05. The first-order chi connectivity index (χ1) is 5.68. The number of fused-ring (bicyclic) bond motifs is 1. The zero-order valence-electron chi connectivity index (χ0n) is 5.84. The van der Waals surface area contributed by atoms with Crippen LogP contribution in [0.3, 0.4) is 0 Å². The van der Waals surface area contributed by atoms with E-state index in [1.165, 1.54) is 4.09 Å². The van der Waals surface area contributed by atoms with Crippen molar-refractivity contribution < 1.29 is 0 Å². The second-order valence-corrected chi connectivity index (χ2v) is 4.34. The minimum Gasteiger partial charge on any atom is -0.330 e. The predicted molar refractivity (Wildman–Crippen MR) is 61.1 cm³/mol. The second kappa shape index (κ2) is 3.01. The van der Waals surface area contributed by atoms with Crippen molar-refractivity contribution in [3.8, 4) is 0 Å². The molecule has 12 heavy (non-hydrogen) atoms. The maximum Gasteiger partial charge on any atom is 0.193 e. The minimum atomic E-state index is 0.536. The number of hydrogen-bond acceptors (Lipinski definition) is 1. The molecule has 0 radical (unpaired) electrons. The van der Waals surface area contributed by atoms with Crippen LogP contribution in [-0.4, -0.2) is 9.07 Å². The van der Waals surface area contributed by atoms with Crippen LogP contribution in [0.15, 0.2) is 18.2 Å². The number of nitrogens with one attached hydrogen (secondary N) is 1. The molecule has 0 saturated heterocycles. The van der Waals surface area contributed by atoms with Gasteiger partial charge < -0.3 is 4.98 Å². The van der Waals surface area contributed by atoms with Gasteiger partial charge in [0.05, 0.1) is 11.0 Å². The highest BCUT2D eigenvalue weighted by Crippen LogP contribution is 2.17. The van der Waals surface area contributed by atoms with Gasteiger partial charge in [-0.25, -0.2) is 4.09 Å². The van der Waals surface area contributed by atoms with Gasteiger partial charge in [-0.3, -0.25) is 0 Å². The highest BCUT2D eigenvalue weighted by molar-refractivity contribution is 14.1. The highest BCUT2D eigenvalue weighted by Gasteiger charge is 2.01. The van der Waals surface area contributed by atoms with Crippen LogP contribution >= 0.6 is 46.6 Å². The molecule has 0 spiro atoms. The molecule has 0 amide bonds. The van der Waals surface area contributed by atoms with Crippen molar-refractivity contribution >= 4 is 57.6 Å². The minimum absolute atomic E-state index is 0.536. The summed E-state index contributed by atoms with van der Waals surface area (Å²) in [6.07, 6.45) is 0. The van der Waals surface area contributed by atoms with E-state index in [1.54, 1.807) is 0 Å². The summed E-state index contributed by atoms with van der Waals surface area (Å²) in [7, 11) is 0. The Bertz CT molecular complexity index is 488. The molecule has 2 aromatic rings. The van der Waals surface area contributed by atoms with Crippen molar-refractivity contribution in [3.63, 3.8) is 0 Å². The third-order valence-electron chi connectivity index (χ3n) is 1.59. The standard InChI is InChI=1S/C7H4ClIN2S/c8-11-6-3-4(9)1-2-5(6)10-7(11)12/h1-3H,(H,10,12). The van der Waals surface area contributed by atoms with Gasteiger partial charge in [-0.15, -0.1) is 0 Å². The molecule has 1 aromatic carbocycles. The van der Waals surface area contributed by atoms with E-state index in [0.717, 1.165) is 14.6 Å². The quantitative estimate of drug-likeness (QED) is 0.585. The lowest BCUT2D eigenvalue weighted by Gasteiger charge is -1.91. The first-order valence-electron chi connectivity index (χ1n) is 3.25. The molecule has 1 heterocycles. The molecule has 0 atom stereocenters. The fraction of sp³-hybridized carbons (Fsp3) is 0. The average molecular weight is 311 g/mol. The average Bonchev–Trinajstić information content (AvgIpc) is 2.31. The van der Waals surface area contributed by atoms with Gasteiger partial charge in [0.2, 0.25) is 0 Å². The molecule has 0 aliphatic heterocycles. The number of benzene rings is 1. The Morgan fingerprint density at radius 2 is 2.25 bits per heavy atom. The topological polar surface area (TPSA) is 20.7 Å². The number of hydrogen-bond donors (Lipinski definition) is 1. The van der Waals surface area contributed by atoms with E-state index in [-0.39, 0.29) is 0 Å². The largest absolute Gasteiger partial charge is 0.330 e. The van der Waals surface area contributed by atoms with Crippen molar-refractivity contribution in [1.82, 2.24) is 9.07 Å². The van der Waals surface area contributed by atoms with E-state index in [2.05, 4.69) is 27.6 Å². The van der Waals surface area contributed by atoms with Gasteiger partial charge in [0.15, 0.2) is 4.77 Å². The number of halogens is 2. The van der Waals surface area contributed by atoms with E-state index in [4.69, 9.17) is 24.0 Å². The lowest BCUT2D eigenvalue weighted by molar-refractivity contribution is 1.21. The van der Waals surface area contributed by atoms with E-state index in [1.807, 2.05) is 18.2 Å². The molecule has 1 N–H and O–H groups in total. The van der Waals surface area contributed by atoms with Crippen LogP contribution in [0.25, 0.3) is 11.0 Å². The molecule has 5 heteroatoms. The van der Waals surface area contributed by atoms with Gasteiger partial charge in [0.1, 0.15) is 0 Å². The van der Waals surface area contributed by atoms with E-state index < -0.39 is 0 Å². The molecule has 0 aliphatic rings. The Morgan fingerprint density at radius 3 is 3.00 bits per heavy atom. The fourth-order valence-corrected chi connectivity index (χ4v) is 1.91. The highest BCUT2D eigenvalue weighted by atomic mass is 127. The lowest BCUT2D eigenvalue weighted by Crippen LogP contribution is -1.78. The summed E-state index contributed by atoms with van der Waals surface area (Å²) in [6.45, 7) is 0. The molecule has 0 bridgehead atoms. The van der Waals surface area contributed by atoms with Crippen molar-refractivity contribution in [1.29, 1.82) is 0 Å². The van der Waals surface area contributed by atoms with Crippen LogP contribution in [0.4, 0.5) is 0 Å². The number of imidazole rings is 1. The molecule has 0 saturated carbocycles. The Hall–Kier alpha value is -0.0700. The smallest absolute Gasteiger partial charge is 0.193 e. The summed E-state index contributed by atoms with van der Waals surface area (Å²) in [5.74, 6) is 0. The lowest BCUT2D eigenvalue weighted by atomic mass is 10.3. The normalized spacial score (nSPS) is 10.8. The number of H-pyrrole nitrogens is 1. The number of rotatable bonds is 0. The van der Waals surface area contributed by atoms with E-state index >= 15 is 0 Å². The van der Waals surface area contributed by atoms with Gasteiger partial charge in [-0.05, 0) is 53.0 Å². The van der Waals surface area contributed by atoms with Gasteiger partial charge in [-0.2, -0.15) is 0 Å². The zero-order chi connectivity index (χ0) is 8.72. The van der Waals surface area contributed by atoms with Crippen molar-refractivity contribution in [2.24, 2.45) is 0 Å². The molecule has 0 aliphatic carbocycles. The third kappa shape index (κ3) is 1.27. The van der Waals surface area contributed by atoms with Crippen LogP contribution in [0.5, 0.6) is 0 Å². The molecule has 0 fully saturated rings. The Labute approximate surface area is 92.8 Å².